The monoisotopic (exact) mass is 499 g/mol. The van der Waals surface area contributed by atoms with E-state index >= 15 is 0 Å². The van der Waals surface area contributed by atoms with E-state index in [1.807, 2.05) is 0 Å². The number of rotatable bonds is 4. The largest absolute Gasteiger partial charge is 0.335 e. The van der Waals surface area contributed by atoms with Crippen LogP contribution in [-0.2, 0) is 5.41 Å². The number of anilines is 2. The van der Waals surface area contributed by atoms with E-state index in [2.05, 4.69) is 131 Å². The second kappa shape index (κ2) is 9.45. The predicted molar refractivity (Wildman–Crippen MR) is 164 cm³/mol. The van der Waals surface area contributed by atoms with Gasteiger partial charge in [0.1, 0.15) is 0 Å². The molecule has 0 bridgehead atoms. The molecule has 1 saturated carbocycles. The van der Waals surface area contributed by atoms with Crippen molar-refractivity contribution < 1.29 is 0 Å². The lowest BCUT2D eigenvalue weighted by Crippen LogP contribution is -2.39. The summed E-state index contributed by atoms with van der Waals surface area (Å²) in [4.78, 5) is 2.65. The molecule has 38 heavy (non-hydrogen) atoms. The number of hydrogen-bond acceptors (Lipinski definition) is 1. The molecule has 0 amide bonds. The number of hydrogen-bond donors (Lipinski definition) is 0. The first-order chi connectivity index (χ1) is 18.3. The Morgan fingerprint density at radius 3 is 1.97 bits per heavy atom. The van der Waals surface area contributed by atoms with Gasteiger partial charge in [-0.2, -0.15) is 0 Å². The van der Waals surface area contributed by atoms with E-state index in [1.54, 1.807) is 5.56 Å². The Balaban J connectivity index is 1.63. The zero-order chi connectivity index (χ0) is 26.5. The molecule has 2 aliphatic carbocycles. The second-order valence-electron chi connectivity index (χ2n) is 12.9. The average molecular weight is 500 g/mol. The molecule has 1 nitrogen and oxygen atoms in total. The Labute approximate surface area is 229 Å². The summed E-state index contributed by atoms with van der Waals surface area (Å²) in [5, 5.41) is 0. The van der Waals surface area contributed by atoms with Gasteiger partial charge in [-0.05, 0) is 85.0 Å². The molecule has 0 unspecified atom stereocenters. The van der Waals surface area contributed by atoms with Gasteiger partial charge in [-0.1, -0.05) is 112 Å². The molecular formula is C37H41N. The lowest BCUT2D eigenvalue weighted by Gasteiger charge is -2.42. The summed E-state index contributed by atoms with van der Waals surface area (Å²) in [6.07, 6.45) is 6.62. The van der Waals surface area contributed by atoms with Crippen molar-refractivity contribution >= 4 is 11.4 Å². The fourth-order valence-electron chi connectivity index (χ4n) is 7.07. The topological polar surface area (TPSA) is 3.24 Å². The van der Waals surface area contributed by atoms with Crippen molar-refractivity contribution in [3.63, 3.8) is 0 Å². The molecule has 2 aliphatic rings. The minimum Gasteiger partial charge on any atom is -0.335 e. The third-order valence-corrected chi connectivity index (χ3v) is 8.92. The highest BCUT2D eigenvalue weighted by Crippen LogP contribution is 2.54. The maximum absolute atomic E-state index is 2.65. The van der Waals surface area contributed by atoms with Crippen molar-refractivity contribution in [3.8, 4) is 22.3 Å². The van der Waals surface area contributed by atoms with Crippen LogP contribution in [-0.4, -0.2) is 5.54 Å². The van der Waals surface area contributed by atoms with Crippen LogP contribution in [0.5, 0.6) is 0 Å². The molecule has 0 saturated heterocycles. The Hall–Kier alpha value is -3.32. The van der Waals surface area contributed by atoms with Crippen molar-refractivity contribution in [2.24, 2.45) is 0 Å². The summed E-state index contributed by atoms with van der Waals surface area (Å²) in [5.41, 5.74) is 12.4. The highest BCUT2D eigenvalue weighted by Gasteiger charge is 2.38. The first-order valence-corrected chi connectivity index (χ1v) is 14.5. The molecule has 0 aliphatic heterocycles. The van der Waals surface area contributed by atoms with E-state index in [0.29, 0.717) is 5.92 Å². The quantitative estimate of drug-likeness (QED) is 0.270. The maximum atomic E-state index is 2.65. The van der Waals surface area contributed by atoms with Crippen LogP contribution in [0.25, 0.3) is 22.3 Å². The van der Waals surface area contributed by atoms with Crippen LogP contribution in [0.4, 0.5) is 11.4 Å². The smallest absolute Gasteiger partial charge is 0.0495 e. The highest BCUT2D eigenvalue weighted by molar-refractivity contribution is 5.89. The van der Waals surface area contributed by atoms with E-state index in [0.717, 1.165) is 0 Å². The van der Waals surface area contributed by atoms with Gasteiger partial charge in [0.25, 0.3) is 0 Å². The van der Waals surface area contributed by atoms with E-state index in [4.69, 9.17) is 0 Å². The normalized spacial score (nSPS) is 16.7. The van der Waals surface area contributed by atoms with Gasteiger partial charge in [0.2, 0.25) is 0 Å². The molecule has 0 atom stereocenters. The van der Waals surface area contributed by atoms with Gasteiger partial charge in [-0.25, -0.2) is 0 Å². The standard InChI is InChI=1S/C37H41N/c1-36(2,3)38(34-23-15-13-20-28(34)26-16-8-6-9-17-26)35-25-31-29-21-12-14-22-32(29)37(4,5)33(31)24-30(35)27-18-10-7-11-19-27/h6,8-9,12-17,20-25,27H,7,10-11,18-19H2,1-5H3. The van der Waals surface area contributed by atoms with Gasteiger partial charge in [0, 0.05) is 27.9 Å². The van der Waals surface area contributed by atoms with E-state index in [9.17, 15) is 0 Å². The van der Waals surface area contributed by atoms with Crippen molar-refractivity contribution in [2.75, 3.05) is 4.90 Å². The van der Waals surface area contributed by atoms with E-state index in [-0.39, 0.29) is 11.0 Å². The van der Waals surface area contributed by atoms with Crippen LogP contribution < -0.4 is 4.90 Å². The van der Waals surface area contributed by atoms with Crippen LogP contribution in [0.1, 0.15) is 89.3 Å². The number of nitrogens with zero attached hydrogens (tertiary/aromatic N) is 1. The zero-order valence-corrected chi connectivity index (χ0v) is 23.7. The molecule has 0 radical (unpaired) electrons. The zero-order valence-electron chi connectivity index (χ0n) is 23.7. The van der Waals surface area contributed by atoms with Gasteiger partial charge in [-0.15, -0.1) is 0 Å². The Bertz CT molecular complexity index is 1450. The fraction of sp³-hybridized carbons (Fsp3) is 0.351. The third-order valence-electron chi connectivity index (χ3n) is 8.92. The van der Waals surface area contributed by atoms with Crippen LogP contribution in [0.2, 0.25) is 0 Å². The molecule has 194 valence electrons. The van der Waals surface area contributed by atoms with Crippen molar-refractivity contribution in [2.45, 2.75) is 83.6 Å². The summed E-state index contributed by atoms with van der Waals surface area (Å²) < 4.78 is 0. The van der Waals surface area contributed by atoms with Gasteiger partial charge >= 0.3 is 0 Å². The molecule has 0 spiro atoms. The minimum absolute atomic E-state index is 0.0163. The van der Waals surface area contributed by atoms with Crippen LogP contribution in [0.3, 0.4) is 0 Å². The van der Waals surface area contributed by atoms with Crippen LogP contribution >= 0.6 is 0 Å². The minimum atomic E-state index is -0.101. The molecule has 0 heterocycles. The summed E-state index contributed by atoms with van der Waals surface area (Å²) in [5.74, 6) is 0.609. The van der Waals surface area contributed by atoms with Gasteiger partial charge in [0.15, 0.2) is 0 Å². The maximum Gasteiger partial charge on any atom is 0.0495 e. The molecule has 4 aromatic carbocycles. The first-order valence-electron chi connectivity index (χ1n) is 14.5. The van der Waals surface area contributed by atoms with Gasteiger partial charge in [0.05, 0.1) is 0 Å². The Morgan fingerprint density at radius 1 is 0.632 bits per heavy atom. The number of fused-ring (bicyclic) bond motifs is 3. The molecule has 1 fully saturated rings. The van der Waals surface area contributed by atoms with E-state index in [1.165, 1.54) is 76.9 Å². The lowest BCUT2D eigenvalue weighted by molar-refractivity contribution is 0.441. The summed E-state index contributed by atoms with van der Waals surface area (Å²) in [7, 11) is 0. The number of para-hydroxylation sites is 1. The fourth-order valence-corrected chi connectivity index (χ4v) is 7.07. The highest BCUT2D eigenvalue weighted by atomic mass is 15.2. The summed E-state index contributed by atoms with van der Waals surface area (Å²) in [6.45, 7) is 11.9. The van der Waals surface area contributed by atoms with Gasteiger partial charge < -0.3 is 4.90 Å². The lowest BCUT2D eigenvalue weighted by atomic mass is 9.77. The van der Waals surface area contributed by atoms with Crippen molar-refractivity contribution in [1.82, 2.24) is 0 Å². The molecule has 6 rings (SSSR count). The SMILES string of the molecule is CC1(C)c2ccccc2-c2cc(N(c3ccccc3-c3ccccc3)C(C)(C)C)c(C3CCCCC3)cc21. The van der Waals surface area contributed by atoms with Crippen LogP contribution in [0.15, 0.2) is 91.0 Å². The molecule has 1 heteroatoms. The van der Waals surface area contributed by atoms with Crippen LogP contribution in [0, 0.1) is 0 Å². The summed E-state index contributed by atoms with van der Waals surface area (Å²) >= 11 is 0. The van der Waals surface area contributed by atoms with Crippen molar-refractivity contribution in [3.05, 3.63) is 108 Å². The third kappa shape index (κ3) is 4.17. The van der Waals surface area contributed by atoms with E-state index < -0.39 is 0 Å². The van der Waals surface area contributed by atoms with Gasteiger partial charge in [-0.3, -0.25) is 0 Å². The summed E-state index contributed by atoms with van der Waals surface area (Å²) in [6, 6.07) is 34.1. The molecule has 0 aromatic heterocycles. The first kappa shape index (κ1) is 25.0. The Morgan fingerprint density at radius 2 is 1.26 bits per heavy atom. The second-order valence-corrected chi connectivity index (χ2v) is 12.9. The van der Waals surface area contributed by atoms with Crippen molar-refractivity contribution in [1.29, 1.82) is 0 Å². The number of benzene rings is 4. The molecular weight excluding hydrogens is 458 g/mol. The Kier molecular flexibility index (Phi) is 6.22. The molecule has 4 aromatic rings. The molecule has 0 N–H and O–H groups in total. The predicted octanol–water partition coefficient (Wildman–Crippen LogP) is 10.6. The average Bonchev–Trinajstić information content (AvgIpc) is 3.15.